The van der Waals surface area contributed by atoms with Crippen LogP contribution in [0.4, 0.5) is 0 Å². The van der Waals surface area contributed by atoms with Crippen LogP contribution in [0.1, 0.15) is 25.3 Å². The lowest BCUT2D eigenvalue weighted by Crippen LogP contribution is -2.36. The van der Waals surface area contributed by atoms with E-state index in [9.17, 15) is 4.79 Å². The summed E-state index contributed by atoms with van der Waals surface area (Å²) in [5.74, 6) is 2.20. The first kappa shape index (κ1) is 21.8. The molecule has 0 saturated carbocycles. The number of ether oxygens (including phenoxy) is 3. The highest BCUT2D eigenvalue weighted by molar-refractivity contribution is 8.00. The van der Waals surface area contributed by atoms with Crippen molar-refractivity contribution in [3.05, 3.63) is 54.1 Å². The molecule has 2 atom stereocenters. The molecule has 0 spiro atoms. The van der Waals surface area contributed by atoms with Crippen LogP contribution in [0.3, 0.4) is 0 Å². The fraction of sp³-hybridized carbons (Fsp3) is 0.375. The zero-order chi connectivity index (χ0) is 22.6. The fourth-order valence-corrected chi connectivity index (χ4v) is 4.79. The molecule has 2 aromatic carbocycles. The molecule has 0 unspecified atom stereocenters. The Labute approximate surface area is 196 Å². The Bertz CT molecular complexity index is 1110. The predicted molar refractivity (Wildman–Crippen MR) is 124 cm³/mol. The van der Waals surface area contributed by atoms with Gasteiger partial charge in [0, 0.05) is 18.7 Å². The van der Waals surface area contributed by atoms with Crippen LogP contribution in [0.15, 0.2) is 53.7 Å². The van der Waals surface area contributed by atoms with Crippen molar-refractivity contribution in [3.8, 4) is 22.9 Å². The average molecular weight is 467 g/mol. The van der Waals surface area contributed by atoms with Crippen molar-refractivity contribution in [1.82, 2.24) is 20.1 Å². The Balaban J connectivity index is 1.36. The topological polar surface area (TPSA) is 87.5 Å². The van der Waals surface area contributed by atoms with Crippen molar-refractivity contribution in [1.29, 1.82) is 0 Å². The molecule has 5 rings (SSSR count). The van der Waals surface area contributed by atoms with E-state index in [0.717, 1.165) is 47.9 Å². The van der Waals surface area contributed by atoms with E-state index >= 15 is 0 Å². The molecule has 1 N–H and O–H groups in total. The van der Waals surface area contributed by atoms with Crippen LogP contribution in [0.25, 0.3) is 11.4 Å². The van der Waals surface area contributed by atoms with E-state index in [0.29, 0.717) is 18.2 Å². The van der Waals surface area contributed by atoms with Crippen LogP contribution < -0.4 is 14.8 Å². The summed E-state index contributed by atoms with van der Waals surface area (Å²) in [4.78, 5) is 12.7. The molecule has 9 heteroatoms. The van der Waals surface area contributed by atoms with E-state index in [2.05, 4.69) is 15.5 Å². The van der Waals surface area contributed by atoms with E-state index in [1.807, 2.05) is 60.0 Å². The standard InChI is InChI=1S/C24H26N4O4S/c1-16(23(29)25-13-19-8-5-11-30-19)33-24-27-26-22(18-6-3-2-4-7-18)28(24)14-17-9-10-20-21(12-17)32-15-31-20/h2-4,6-7,9-10,12,16,19H,5,8,11,13-15H2,1H3,(H,25,29)/t16-,19+/m1/s1. The molecule has 1 saturated heterocycles. The highest BCUT2D eigenvalue weighted by Crippen LogP contribution is 2.34. The molecule has 1 aromatic heterocycles. The number of thioether (sulfide) groups is 1. The number of benzene rings is 2. The summed E-state index contributed by atoms with van der Waals surface area (Å²) in [6, 6.07) is 15.8. The highest BCUT2D eigenvalue weighted by Gasteiger charge is 2.23. The number of amides is 1. The molecule has 2 aliphatic heterocycles. The van der Waals surface area contributed by atoms with Gasteiger partial charge in [0.25, 0.3) is 0 Å². The average Bonchev–Trinajstić information content (AvgIpc) is 3.60. The van der Waals surface area contributed by atoms with Gasteiger partial charge in [-0.15, -0.1) is 10.2 Å². The van der Waals surface area contributed by atoms with Crippen LogP contribution in [-0.2, 0) is 16.1 Å². The molecule has 0 radical (unpaired) electrons. The van der Waals surface area contributed by atoms with Gasteiger partial charge in [0.2, 0.25) is 12.7 Å². The number of rotatable bonds is 8. The molecule has 3 aromatic rings. The molecule has 2 aliphatic rings. The van der Waals surface area contributed by atoms with Crippen LogP contribution >= 0.6 is 11.8 Å². The number of hydrogen-bond donors (Lipinski definition) is 1. The third kappa shape index (κ3) is 4.99. The maximum absolute atomic E-state index is 12.7. The summed E-state index contributed by atoms with van der Waals surface area (Å²) in [5, 5.41) is 12.3. The molecule has 0 bridgehead atoms. The Hall–Kier alpha value is -3.04. The summed E-state index contributed by atoms with van der Waals surface area (Å²) in [7, 11) is 0. The van der Waals surface area contributed by atoms with Gasteiger partial charge in [0.15, 0.2) is 22.5 Å². The zero-order valence-corrected chi connectivity index (χ0v) is 19.2. The second-order valence-electron chi connectivity index (χ2n) is 8.09. The van der Waals surface area contributed by atoms with Gasteiger partial charge in [0.1, 0.15) is 0 Å². The first-order chi connectivity index (χ1) is 16.2. The summed E-state index contributed by atoms with van der Waals surface area (Å²) in [6.45, 7) is 3.98. The molecule has 1 amide bonds. The third-order valence-corrected chi connectivity index (χ3v) is 6.79. The van der Waals surface area contributed by atoms with Gasteiger partial charge in [-0.1, -0.05) is 48.2 Å². The minimum Gasteiger partial charge on any atom is -0.454 e. The summed E-state index contributed by atoms with van der Waals surface area (Å²) in [6.07, 6.45) is 2.16. The predicted octanol–water partition coefficient (Wildman–Crippen LogP) is 3.50. The second-order valence-corrected chi connectivity index (χ2v) is 9.39. The van der Waals surface area contributed by atoms with Gasteiger partial charge < -0.3 is 19.5 Å². The van der Waals surface area contributed by atoms with E-state index < -0.39 is 0 Å². The molecule has 0 aliphatic carbocycles. The van der Waals surface area contributed by atoms with E-state index in [-0.39, 0.29) is 24.1 Å². The molecule has 33 heavy (non-hydrogen) atoms. The number of aromatic nitrogens is 3. The molecule has 3 heterocycles. The lowest BCUT2D eigenvalue weighted by Gasteiger charge is -2.16. The molecular formula is C24H26N4O4S. The van der Waals surface area contributed by atoms with Crippen LogP contribution in [0, 0.1) is 0 Å². The Morgan fingerprint density at radius 1 is 1.18 bits per heavy atom. The molecule has 172 valence electrons. The number of hydrogen-bond acceptors (Lipinski definition) is 7. The van der Waals surface area contributed by atoms with Gasteiger partial charge in [-0.3, -0.25) is 9.36 Å². The zero-order valence-electron chi connectivity index (χ0n) is 18.4. The van der Waals surface area contributed by atoms with E-state index in [1.54, 1.807) is 0 Å². The van der Waals surface area contributed by atoms with Crippen molar-refractivity contribution in [2.24, 2.45) is 0 Å². The maximum atomic E-state index is 12.7. The van der Waals surface area contributed by atoms with E-state index in [1.165, 1.54) is 11.8 Å². The van der Waals surface area contributed by atoms with E-state index in [4.69, 9.17) is 14.2 Å². The first-order valence-corrected chi connectivity index (χ1v) is 12.0. The molecular weight excluding hydrogens is 440 g/mol. The second kappa shape index (κ2) is 9.84. The van der Waals surface area contributed by atoms with Gasteiger partial charge in [-0.05, 0) is 37.5 Å². The normalized spacial score (nSPS) is 17.8. The lowest BCUT2D eigenvalue weighted by molar-refractivity contribution is -0.120. The number of fused-ring (bicyclic) bond motifs is 1. The van der Waals surface area contributed by atoms with Crippen molar-refractivity contribution in [3.63, 3.8) is 0 Å². The summed E-state index contributed by atoms with van der Waals surface area (Å²) >= 11 is 1.40. The smallest absolute Gasteiger partial charge is 0.233 e. The molecule has 8 nitrogen and oxygen atoms in total. The summed E-state index contributed by atoms with van der Waals surface area (Å²) < 4.78 is 18.6. The Morgan fingerprint density at radius 3 is 2.85 bits per heavy atom. The quantitative estimate of drug-likeness (QED) is 0.509. The Kier molecular flexibility index (Phi) is 6.50. The van der Waals surface area contributed by atoms with Crippen molar-refractivity contribution < 1.29 is 19.0 Å². The summed E-state index contributed by atoms with van der Waals surface area (Å²) in [5.41, 5.74) is 2.00. The number of carbonyl (C=O) groups is 1. The lowest BCUT2D eigenvalue weighted by atomic mass is 10.2. The monoisotopic (exact) mass is 466 g/mol. The third-order valence-electron chi connectivity index (χ3n) is 5.71. The van der Waals surface area contributed by atoms with Crippen molar-refractivity contribution in [2.45, 2.75) is 42.8 Å². The van der Waals surface area contributed by atoms with Gasteiger partial charge in [-0.25, -0.2) is 0 Å². The van der Waals surface area contributed by atoms with Gasteiger partial charge in [0.05, 0.1) is 17.9 Å². The van der Waals surface area contributed by atoms with Crippen molar-refractivity contribution in [2.75, 3.05) is 19.9 Å². The first-order valence-electron chi connectivity index (χ1n) is 11.1. The maximum Gasteiger partial charge on any atom is 0.233 e. The number of nitrogens with one attached hydrogen (secondary N) is 1. The minimum absolute atomic E-state index is 0.0330. The van der Waals surface area contributed by atoms with Crippen LogP contribution in [0.2, 0.25) is 0 Å². The van der Waals surface area contributed by atoms with Crippen LogP contribution in [-0.4, -0.2) is 52.0 Å². The van der Waals surface area contributed by atoms with Gasteiger partial charge >= 0.3 is 0 Å². The number of carbonyl (C=O) groups excluding carboxylic acids is 1. The largest absolute Gasteiger partial charge is 0.454 e. The van der Waals surface area contributed by atoms with Gasteiger partial charge in [-0.2, -0.15) is 0 Å². The molecule has 1 fully saturated rings. The Morgan fingerprint density at radius 2 is 2.03 bits per heavy atom. The minimum atomic E-state index is -0.324. The van der Waals surface area contributed by atoms with Crippen molar-refractivity contribution >= 4 is 17.7 Å². The SMILES string of the molecule is C[C@@H](Sc1nnc(-c2ccccc2)n1Cc1ccc2c(c1)OCO2)C(=O)NC[C@@H]1CCCO1. The fourth-order valence-electron chi connectivity index (χ4n) is 3.92. The highest BCUT2D eigenvalue weighted by atomic mass is 32.2. The number of nitrogens with zero attached hydrogens (tertiary/aromatic N) is 3. The van der Waals surface area contributed by atoms with Crippen LogP contribution in [0.5, 0.6) is 11.5 Å².